The van der Waals surface area contributed by atoms with Crippen molar-refractivity contribution < 1.29 is 9.84 Å². The fourth-order valence-corrected chi connectivity index (χ4v) is 1.69. The average Bonchev–Trinajstić information content (AvgIpc) is 2.32. The lowest BCUT2D eigenvalue weighted by Crippen LogP contribution is -1.97. The van der Waals surface area contributed by atoms with E-state index in [1.165, 1.54) is 0 Å². The number of aliphatic hydroxyl groups is 1. The predicted molar refractivity (Wildman–Crippen MR) is 69.1 cm³/mol. The molecule has 1 aromatic heterocycles. The lowest BCUT2D eigenvalue weighted by molar-refractivity contribution is 0.194. The van der Waals surface area contributed by atoms with Gasteiger partial charge in [-0.2, -0.15) is 0 Å². The number of nitrogens with zero attached hydrogens (tertiary/aromatic N) is 1. The molecule has 0 bridgehead atoms. The van der Waals surface area contributed by atoms with Gasteiger partial charge in [-0.05, 0) is 43.3 Å². The Morgan fingerprint density at radius 3 is 2.59 bits per heavy atom. The van der Waals surface area contributed by atoms with Crippen LogP contribution in [0.3, 0.4) is 0 Å². The number of ether oxygens (including phenoxy) is 1. The number of benzene rings is 1. The molecule has 0 fully saturated rings. The standard InChI is InChI=1S/C13H12BrNO2/c1-9(16)12-3-2-8-15-13(12)17-11-6-4-10(14)5-7-11/h2-9,16H,1H3/t9-/m0/s1. The molecule has 0 unspecified atom stereocenters. The van der Waals surface area contributed by atoms with Crippen molar-refractivity contribution >= 4 is 15.9 Å². The quantitative estimate of drug-likeness (QED) is 0.938. The minimum Gasteiger partial charge on any atom is -0.439 e. The molecule has 88 valence electrons. The Morgan fingerprint density at radius 2 is 1.94 bits per heavy atom. The van der Waals surface area contributed by atoms with Crippen LogP contribution in [0, 0.1) is 0 Å². The van der Waals surface area contributed by atoms with E-state index in [9.17, 15) is 5.11 Å². The molecule has 2 aromatic rings. The Hall–Kier alpha value is -1.39. The van der Waals surface area contributed by atoms with Crippen molar-refractivity contribution in [3.8, 4) is 11.6 Å². The zero-order chi connectivity index (χ0) is 12.3. The SMILES string of the molecule is C[C@H](O)c1cccnc1Oc1ccc(Br)cc1. The molecule has 0 saturated heterocycles. The second-order valence-electron chi connectivity index (χ2n) is 3.63. The summed E-state index contributed by atoms with van der Waals surface area (Å²) >= 11 is 3.36. The highest BCUT2D eigenvalue weighted by atomic mass is 79.9. The molecule has 1 aromatic carbocycles. The normalized spacial score (nSPS) is 12.2. The van der Waals surface area contributed by atoms with Crippen molar-refractivity contribution in [2.45, 2.75) is 13.0 Å². The molecule has 0 spiro atoms. The fraction of sp³-hybridized carbons (Fsp3) is 0.154. The summed E-state index contributed by atoms with van der Waals surface area (Å²) in [6.07, 6.45) is 1.04. The zero-order valence-electron chi connectivity index (χ0n) is 9.30. The number of aliphatic hydroxyl groups excluding tert-OH is 1. The Labute approximate surface area is 108 Å². The van der Waals surface area contributed by atoms with E-state index in [0.717, 1.165) is 4.47 Å². The summed E-state index contributed by atoms with van der Waals surface area (Å²) in [7, 11) is 0. The van der Waals surface area contributed by atoms with Gasteiger partial charge < -0.3 is 9.84 Å². The molecule has 1 heterocycles. The first-order chi connectivity index (χ1) is 8.16. The molecule has 0 amide bonds. The van der Waals surface area contributed by atoms with Crippen LogP contribution in [0.2, 0.25) is 0 Å². The van der Waals surface area contributed by atoms with Crippen molar-refractivity contribution in [2.24, 2.45) is 0 Å². The molecule has 0 aliphatic carbocycles. The van der Waals surface area contributed by atoms with Gasteiger partial charge in [-0.1, -0.05) is 15.9 Å². The lowest BCUT2D eigenvalue weighted by Gasteiger charge is -2.11. The summed E-state index contributed by atoms with van der Waals surface area (Å²) in [5, 5.41) is 9.60. The van der Waals surface area contributed by atoms with E-state index >= 15 is 0 Å². The van der Waals surface area contributed by atoms with E-state index in [0.29, 0.717) is 17.2 Å². The molecule has 0 radical (unpaired) electrons. The molecule has 0 aliphatic rings. The van der Waals surface area contributed by atoms with Gasteiger partial charge in [0.25, 0.3) is 0 Å². The predicted octanol–water partition coefficient (Wildman–Crippen LogP) is 3.69. The first kappa shape index (κ1) is 12.1. The molecular formula is C13H12BrNO2. The number of pyridine rings is 1. The third-order valence-corrected chi connectivity index (χ3v) is 2.81. The Morgan fingerprint density at radius 1 is 1.24 bits per heavy atom. The smallest absolute Gasteiger partial charge is 0.225 e. The monoisotopic (exact) mass is 293 g/mol. The van der Waals surface area contributed by atoms with Crippen LogP contribution in [-0.2, 0) is 0 Å². The van der Waals surface area contributed by atoms with Gasteiger partial charge in [-0.25, -0.2) is 4.98 Å². The second-order valence-corrected chi connectivity index (χ2v) is 4.55. The Balaban J connectivity index is 2.26. The van der Waals surface area contributed by atoms with E-state index in [1.807, 2.05) is 24.3 Å². The van der Waals surface area contributed by atoms with Gasteiger partial charge in [0, 0.05) is 16.2 Å². The van der Waals surface area contributed by atoms with Crippen LogP contribution in [0.5, 0.6) is 11.6 Å². The van der Waals surface area contributed by atoms with Crippen molar-refractivity contribution in [3.05, 3.63) is 52.6 Å². The minimum atomic E-state index is -0.603. The largest absolute Gasteiger partial charge is 0.439 e. The highest BCUT2D eigenvalue weighted by Gasteiger charge is 2.10. The summed E-state index contributed by atoms with van der Waals surface area (Å²) in [6.45, 7) is 1.69. The highest BCUT2D eigenvalue weighted by molar-refractivity contribution is 9.10. The van der Waals surface area contributed by atoms with Gasteiger partial charge in [-0.15, -0.1) is 0 Å². The molecule has 2 rings (SSSR count). The molecule has 1 N–H and O–H groups in total. The number of aromatic nitrogens is 1. The first-order valence-corrected chi connectivity index (χ1v) is 6.02. The number of halogens is 1. The maximum absolute atomic E-state index is 9.60. The first-order valence-electron chi connectivity index (χ1n) is 5.23. The zero-order valence-corrected chi connectivity index (χ0v) is 10.9. The van der Waals surface area contributed by atoms with Gasteiger partial charge in [-0.3, -0.25) is 0 Å². The van der Waals surface area contributed by atoms with Crippen molar-refractivity contribution in [1.29, 1.82) is 0 Å². The van der Waals surface area contributed by atoms with Crippen LogP contribution >= 0.6 is 15.9 Å². The van der Waals surface area contributed by atoms with Crippen LogP contribution in [0.4, 0.5) is 0 Å². The van der Waals surface area contributed by atoms with Gasteiger partial charge in [0.2, 0.25) is 5.88 Å². The van der Waals surface area contributed by atoms with Crippen LogP contribution in [-0.4, -0.2) is 10.1 Å². The molecule has 4 heteroatoms. The summed E-state index contributed by atoms with van der Waals surface area (Å²) in [6, 6.07) is 11.0. The summed E-state index contributed by atoms with van der Waals surface area (Å²) < 4.78 is 6.62. The molecule has 17 heavy (non-hydrogen) atoms. The van der Waals surface area contributed by atoms with Gasteiger partial charge in [0.1, 0.15) is 5.75 Å². The Kier molecular flexibility index (Phi) is 3.76. The molecule has 1 atom stereocenters. The number of rotatable bonds is 3. The van der Waals surface area contributed by atoms with Gasteiger partial charge in [0.15, 0.2) is 0 Å². The van der Waals surface area contributed by atoms with Gasteiger partial charge >= 0.3 is 0 Å². The molecule has 3 nitrogen and oxygen atoms in total. The summed E-state index contributed by atoms with van der Waals surface area (Å²) in [5.74, 6) is 1.12. The Bertz CT molecular complexity index is 497. The van der Waals surface area contributed by atoms with Crippen molar-refractivity contribution in [1.82, 2.24) is 4.98 Å². The van der Waals surface area contributed by atoms with Gasteiger partial charge in [0.05, 0.1) is 6.10 Å². The summed E-state index contributed by atoms with van der Waals surface area (Å²) in [4.78, 5) is 4.12. The van der Waals surface area contributed by atoms with E-state index in [1.54, 1.807) is 25.3 Å². The number of hydrogen-bond acceptors (Lipinski definition) is 3. The van der Waals surface area contributed by atoms with Crippen LogP contribution < -0.4 is 4.74 Å². The highest BCUT2D eigenvalue weighted by Crippen LogP contribution is 2.27. The lowest BCUT2D eigenvalue weighted by atomic mass is 10.2. The summed E-state index contributed by atoms with van der Waals surface area (Å²) in [5.41, 5.74) is 0.676. The van der Waals surface area contributed by atoms with E-state index in [4.69, 9.17) is 4.74 Å². The maximum Gasteiger partial charge on any atom is 0.225 e. The maximum atomic E-state index is 9.60. The van der Waals surface area contributed by atoms with Crippen LogP contribution in [0.15, 0.2) is 47.1 Å². The minimum absolute atomic E-state index is 0.435. The van der Waals surface area contributed by atoms with E-state index in [2.05, 4.69) is 20.9 Å². The topological polar surface area (TPSA) is 42.4 Å². The fourth-order valence-electron chi connectivity index (χ4n) is 1.42. The van der Waals surface area contributed by atoms with Crippen LogP contribution in [0.25, 0.3) is 0 Å². The van der Waals surface area contributed by atoms with Crippen molar-refractivity contribution in [2.75, 3.05) is 0 Å². The van der Waals surface area contributed by atoms with E-state index < -0.39 is 6.10 Å². The van der Waals surface area contributed by atoms with Crippen molar-refractivity contribution in [3.63, 3.8) is 0 Å². The van der Waals surface area contributed by atoms with Crippen LogP contribution in [0.1, 0.15) is 18.6 Å². The third-order valence-electron chi connectivity index (χ3n) is 2.28. The van der Waals surface area contributed by atoms with E-state index in [-0.39, 0.29) is 0 Å². The average molecular weight is 294 g/mol. The molecule has 0 saturated carbocycles. The number of hydrogen-bond donors (Lipinski definition) is 1. The third kappa shape index (κ3) is 3.05. The second kappa shape index (κ2) is 5.29. The molecule has 0 aliphatic heterocycles. The molecular weight excluding hydrogens is 282 g/mol.